The second-order valence-electron chi connectivity index (χ2n) is 3.41. The number of nitrogen functional groups attached to an aromatic ring is 1. The summed E-state index contributed by atoms with van der Waals surface area (Å²) in [4.78, 5) is 4.36. The van der Waals surface area contributed by atoms with Crippen molar-refractivity contribution in [1.29, 1.82) is 0 Å². The van der Waals surface area contributed by atoms with Crippen LogP contribution in [0, 0.1) is 0 Å². The number of nitrogens with two attached hydrogens (primary N) is 1. The number of benzene rings is 1. The van der Waals surface area contributed by atoms with Crippen molar-refractivity contribution >= 4 is 11.5 Å². The fraction of sp³-hybridized carbons (Fsp3) is 0. The number of anilines is 1. The lowest BCUT2D eigenvalue weighted by Gasteiger charge is -1.91. The molecule has 78 valence electrons. The quantitative estimate of drug-likeness (QED) is 0.660. The third-order valence-electron chi connectivity index (χ3n) is 2.26. The summed E-state index contributed by atoms with van der Waals surface area (Å²) < 4.78 is 1.44. The number of rotatable bonds is 1. The molecule has 0 unspecified atom stereocenters. The van der Waals surface area contributed by atoms with Gasteiger partial charge in [-0.15, -0.1) is 14.8 Å². The van der Waals surface area contributed by atoms with Gasteiger partial charge in [-0.1, -0.05) is 30.3 Å². The van der Waals surface area contributed by atoms with Gasteiger partial charge in [-0.05, 0) is 12.1 Å². The van der Waals surface area contributed by atoms with E-state index in [0.29, 0.717) is 17.3 Å². The van der Waals surface area contributed by atoms with Crippen molar-refractivity contribution in [1.82, 2.24) is 19.8 Å². The SMILES string of the molecule is Nc1ccc2nc(-c3ccccc3)nn2n1. The first-order valence-electron chi connectivity index (χ1n) is 4.88. The van der Waals surface area contributed by atoms with E-state index in [1.165, 1.54) is 4.63 Å². The summed E-state index contributed by atoms with van der Waals surface area (Å²) in [5, 5.41) is 8.30. The molecular weight excluding hydrogens is 202 g/mol. The maximum absolute atomic E-state index is 5.57. The van der Waals surface area contributed by atoms with Crippen LogP contribution < -0.4 is 5.73 Å². The van der Waals surface area contributed by atoms with Crippen LogP contribution in [0.25, 0.3) is 17.0 Å². The predicted octanol–water partition coefficient (Wildman–Crippen LogP) is 1.37. The van der Waals surface area contributed by atoms with Crippen LogP contribution in [0.15, 0.2) is 42.5 Å². The fourth-order valence-corrected chi connectivity index (χ4v) is 1.51. The molecule has 0 aliphatic rings. The summed E-state index contributed by atoms with van der Waals surface area (Å²) in [7, 11) is 0. The van der Waals surface area contributed by atoms with E-state index in [9.17, 15) is 0 Å². The minimum atomic E-state index is 0.428. The number of aromatic nitrogens is 4. The molecule has 3 aromatic rings. The van der Waals surface area contributed by atoms with E-state index >= 15 is 0 Å². The number of nitrogens with zero attached hydrogens (tertiary/aromatic N) is 4. The average Bonchev–Trinajstić information content (AvgIpc) is 2.73. The molecule has 2 heterocycles. The van der Waals surface area contributed by atoms with Crippen LogP contribution in [0.5, 0.6) is 0 Å². The molecule has 0 amide bonds. The highest BCUT2D eigenvalue weighted by atomic mass is 15.5. The van der Waals surface area contributed by atoms with Gasteiger partial charge in [-0.2, -0.15) is 0 Å². The van der Waals surface area contributed by atoms with Crippen molar-refractivity contribution in [2.24, 2.45) is 0 Å². The summed E-state index contributed by atoms with van der Waals surface area (Å²) >= 11 is 0. The van der Waals surface area contributed by atoms with E-state index in [4.69, 9.17) is 5.73 Å². The molecule has 2 aromatic heterocycles. The molecule has 0 saturated heterocycles. The van der Waals surface area contributed by atoms with Crippen LogP contribution in [-0.2, 0) is 0 Å². The van der Waals surface area contributed by atoms with Gasteiger partial charge >= 0.3 is 0 Å². The molecule has 16 heavy (non-hydrogen) atoms. The Morgan fingerprint density at radius 1 is 0.938 bits per heavy atom. The van der Waals surface area contributed by atoms with Crippen LogP contribution in [0.2, 0.25) is 0 Å². The Balaban J connectivity index is 2.19. The average molecular weight is 211 g/mol. The minimum absolute atomic E-state index is 0.428. The zero-order valence-electron chi connectivity index (χ0n) is 8.41. The molecule has 0 bridgehead atoms. The summed E-state index contributed by atoms with van der Waals surface area (Å²) in [6, 6.07) is 13.3. The van der Waals surface area contributed by atoms with Crippen molar-refractivity contribution in [3.8, 4) is 11.4 Å². The number of hydrogen-bond donors (Lipinski definition) is 1. The highest BCUT2D eigenvalue weighted by molar-refractivity contribution is 5.57. The summed E-state index contributed by atoms with van der Waals surface area (Å²) in [6.45, 7) is 0. The third-order valence-corrected chi connectivity index (χ3v) is 2.26. The largest absolute Gasteiger partial charge is 0.382 e. The molecule has 0 atom stereocenters. The van der Waals surface area contributed by atoms with Crippen molar-refractivity contribution in [2.45, 2.75) is 0 Å². The zero-order valence-corrected chi connectivity index (χ0v) is 8.41. The van der Waals surface area contributed by atoms with Gasteiger partial charge in [0.2, 0.25) is 0 Å². The van der Waals surface area contributed by atoms with Gasteiger partial charge in [0.25, 0.3) is 0 Å². The van der Waals surface area contributed by atoms with Crippen LogP contribution in [0.4, 0.5) is 5.82 Å². The second kappa shape index (κ2) is 3.30. The Hall–Kier alpha value is -2.43. The third kappa shape index (κ3) is 1.38. The molecule has 0 aliphatic heterocycles. The normalized spacial score (nSPS) is 10.8. The first-order chi connectivity index (χ1) is 7.83. The molecular formula is C11H9N5. The van der Waals surface area contributed by atoms with Gasteiger partial charge in [0.05, 0.1) is 0 Å². The molecule has 0 fully saturated rings. The number of hydrogen-bond acceptors (Lipinski definition) is 4. The highest BCUT2D eigenvalue weighted by Crippen LogP contribution is 2.15. The fourth-order valence-electron chi connectivity index (χ4n) is 1.51. The lowest BCUT2D eigenvalue weighted by molar-refractivity contribution is 0.809. The smallest absolute Gasteiger partial charge is 0.183 e. The van der Waals surface area contributed by atoms with Crippen molar-refractivity contribution < 1.29 is 0 Å². The van der Waals surface area contributed by atoms with Gasteiger partial charge in [0.1, 0.15) is 5.82 Å². The first kappa shape index (κ1) is 8.84. The molecule has 5 nitrogen and oxygen atoms in total. The molecule has 5 heteroatoms. The lowest BCUT2D eigenvalue weighted by atomic mass is 10.2. The summed E-state index contributed by atoms with van der Waals surface area (Å²) in [6.07, 6.45) is 0. The number of fused-ring (bicyclic) bond motifs is 1. The minimum Gasteiger partial charge on any atom is -0.382 e. The Labute approximate surface area is 91.5 Å². The maximum Gasteiger partial charge on any atom is 0.183 e. The van der Waals surface area contributed by atoms with Gasteiger partial charge < -0.3 is 5.73 Å². The summed E-state index contributed by atoms with van der Waals surface area (Å²) in [5.41, 5.74) is 7.22. The van der Waals surface area contributed by atoms with Crippen LogP contribution >= 0.6 is 0 Å². The summed E-state index contributed by atoms with van der Waals surface area (Å²) in [5.74, 6) is 1.08. The van der Waals surface area contributed by atoms with Gasteiger partial charge in [0.15, 0.2) is 11.5 Å². The first-order valence-corrected chi connectivity index (χ1v) is 4.88. The highest BCUT2D eigenvalue weighted by Gasteiger charge is 2.05. The van der Waals surface area contributed by atoms with Crippen LogP contribution in [0.1, 0.15) is 0 Å². The standard InChI is InChI=1S/C11H9N5/c12-9-6-7-10-13-11(15-16(10)14-9)8-4-2-1-3-5-8/h1-7H,(H2,12,14). The van der Waals surface area contributed by atoms with Gasteiger partial charge in [-0.3, -0.25) is 0 Å². The van der Waals surface area contributed by atoms with E-state index in [0.717, 1.165) is 5.56 Å². The van der Waals surface area contributed by atoms with Crippen LogP contribution in [0.3, 0.4) is 0 Å². The van der Waals surface area contributed by atoms with Crippen molar-refractivity contribution in [3.63, 3.8) is 0 Å². The molecule has 0 radical (unpaired) electrons. The molecule has 0 spiro atoms. The monoisotopic (exact) mass is 211 g/mol. The van der Waals surface area contributed by atoms with E-state index in [2.05, 4.69) is 15.2 Å². The zero-order chi connectivity index (χ0) is 11.0. The van der Waals surface area contributed by atoms with Crippen molar-refractivity contribution in [3.05, 3.63) is 42.5 Å². The van der Waals surface area contributed by atoms with Gasteiger partial charge in [0, 0.05) is 5.56 Å². The van der Waals surface area contributed by atoms with Gasteiger partial charge in [-0.25, -0.2) is 4.98 Å². The Morgan fingerprint density at radius 3 is 2.56 bits per heavy atom. The molecule has 2 N–H and O–H groups in total. The van der Waals surface area contributed by atoms with Crippen LogP contribution in [-0.4, -0.2) is 19.8 Å². The lowest BCUT2D eigenvalue weighted by Crippen LogP contribution is -1.98. The second-order valence-corrected chi connectivity index (χ2v) is 3.41. The molecule has 1 aromatic carbocycles. The predicted molar refractivity (Wildman–Crippen MR) is 60.6 cm³/mol. The Bertz CT molecular complexity index is 629. The topological polar surface area (TPSA) is 69.1 Å². The molecule has 0 saturated carbocycles. The maximum atomic E-state index is 5.57. The molecule has 3 rings (SSSR count). The van der Waals surface area contributed by atoms with E-state index < -0.39 is 0 Å². The Kier molecular flexibility index (Phi) is 1.83. The van der Waals surface area contributed by atoms with E-state index in [1.807, 2.05) is 30.3 Å². The Morgan fingerprint density at radius 2 is 1.75 bits per heavy atom. The van der Waals surface area contributed by atoms with E-state index in [1.54, 1.807) is 12.1 Å². The van der Waals surface area contributed by atoms with E-state index in [-0.39, 0.29) is 0 Å². The van der Waals surface area contributed by atoms with Crippen molar-refractivity contribution in [2.75, 3.05) is 5.73 Å². The molecule has 0 aliphatic carbocycles.